The summed E-state index contributed by atoms with van der Waals surface area (Å²) in [5.41, 5.74) is 0.882. The molecule has 0 spiro atoms. The van der Waals surface area contributed by atoms with Gasteiger partial charge < -0.3 is 4.90 Å². The van der Waals surface area contributed by atoms with E-state index in [-0.39, 0.29) is 10.8 Å². The summed E-state index contributed by atoms with van der Waals surface area (Å²) in [6.45, 7) is 7.06. The molecule has 1 aliphatic rings. The quantitative estimate of drug-likeness (QED) is 0.848. The van der Waals surface area contributed by atoms with Crippen LogP contribution in [0.15, 0.2) is 35.7 Å². The molecule has 0 bridgehead atoms. The minimum Gasteiger partial charge on any atom is -0.340 e. The predicted octanol–water partition coefficient (Wildman–Crippen LogP) is 1.57. The van der Waals surface area contributed by atoms with Crippen LogP contribution in [0.5, 0.6) is 0 Å². The number of carbonyl (C=O) groups is 1. The smallest absolute Gasteiger partial charge is 0.243 e. The molecule has 0 atom stereocenters. The molecule has 1 aliphatic heterocycles. The van der Waals surface area contributed by atoms with E-state index in [0.717, 1.165) is 5.56 Å². The molecule has 114 valence electrons. The van der Waals surface area contributed by atoms with Crippen molar-refractivity contribution in [2.24, 2.45) is 0 Å². The topological polar surface area (TPSA) is 57.7 Å². The highest BCUT2D eigenvalue weighted by Crippen LogP contribution is 2.18. The number of carbonyl (C=O) groups excluding carboxylic acids is 1. The first-order valence-corrected chi connectivity index (χ1v) is 8.43. The van der Waals surface area contributed by atoms with E-state index < -0.39 is 10.0 Å². The number of hydrogen-bond donors (Lipinski definition) is 0. The number of hydrogen-bond acceptors (Lipinski definition) is 3. The second-order valence-electron chi connectivity index (χ2n) is 4.91. The van der Waals surface area contributed by atoms with Crippen molar-refractivity contribution in [2.45, 2.75) is 18.2 Å². The Morgan fingerprint density at radius 1 is 1.19 bits per heavy atom. The summed E-state index contributed by atoms with van der Waals surface area (Å²) in [6.07, 6.45) is 2.13. The molecule has 2 rings (SSSR count). The largest absolute Gasteiger partial charge is 0.340 e. The van der Waals surface area contributed by atoms with Gasteiger partial charge in [0.1, 0.15) is 0 Å². The first-order valence-electron chi connectivity index (χ1n) is 6.99. The Bertz CT molecular complexity index is 615. The van der Waals surface area contributed by atoms with Gasteiger partial charge >= 0.3 is 0 Å². The van der Waals surface area contributed by atoms with Gasteiger partial charge in [0.25, 0.3) is 0 Å². The van der Waals surface area contributed by atoms with Crippen molar-refractivity contribution in [1.82, 2.24) is 9.21 Å². The van der Waals surface area contributed by atoms with Crippen LogP contribution in [0, 0.1) is 0 Å². The van der Waals surface area contributed by atoms with Crippen LogP contribution in [0.4, 0.5) is 0 Å². The van der Waals surface area contributed by atoms with Crippen molar-refractivity contribution in [3.63, 3.8) is 0 Å². The SMILES string of the molecule is C=Cc1ccc(S(=O)(=O)N2CCN(C(=O)CC)CC2)cc1. The summed E-state index contributed by atoms with van der Waals surface area (Å²) < 4.78 is 26.5. The summed E-state index contributed by atoms with van der Waals surface area (Å²) >= 11 is 0. The number of amides is 1. The highest BCUT2D eigenvalue weighted by Gasteiger charge is 2.29. The lowest BCUT2D eigenvalue weighted by Crippen LogP contribution is -2.50. The van der Waals surface area contributed by atoms with Crippen LogP contribution >= 0.6 is 0 Å². The van der Waals surface area contributed by atoms with E-state index >= 15 is 0 Å². The van der Waals surface area contributed by atoms with Gasteiger partial charge in [0.05, 0.1) is 4.90 Å². The van der Waals surface area contributed by atoms with Crippen LogP contribution in [-0.4, -0.2) is 49.7 Å². The summed E-state index contributed by atoms with van der Waals surface area (Å²) in [4.78, 5) is 13.6. The summed E-state index contributed by atoms with van der Waals surface area (Å²) in [6, 6.07) is 6.65. The number of nitrogens with zero attached hydrogens (tertiary/aromatic N) is 2. The van der Waals surface area contributed by atoms with Gasteiger partial charge in [0, 0.05) is 32.6 Å². The first kappa shape index (κ1) is 15.7. The van der Waals surface area contributed by atoms with Crippen molar-refractivity contribution in [1.29, 1.82) is 0 Å². The molecule has 0 saturated carbocycles. The zero-order chi connectivity index (χ0) is 15.5. The molecule has 0 aliphatic carbocycles. The van der Waals surface area contributed by atoms with Crippen LogP contribution in [-0.2, 0) is 14.8 Å². The monoisotopic (exact) mass is 308 g/mol. The number of piperazine rings is 1. The number of sulfonamides is 1. The van der Waals surface area contributed by atoms with Crippen molar-refractivity contribution in [2.75, 3.05) is 26.2 Å². The molecule has 1 saturated heterocycles. The third-order valence-corrected chi connectivity index (χ3v) is 5.56. The van der Waals surface area contributed by atoms with Crippen LogP contribution in [0.2, 0.25) is 0 Å². The molecule has 5 nitrogen and oxygen atoms in total. The Morgan fingerprint density at radius 3 is 2.24 bits per heavy atom. The normalized spacial score (nSPS) is 16.7. The average Bonchev–Trinajstić information content (AvgIpc) is 2.54. The standard InChI is InChI=1S/C15H20N2O3S/c1-3-13-5-7-14(8-6-13)21(19,20)17-11-9-16(10-12-17)15(18)4-2/h3,5-8H,1,4,9-12H2,2H3. The molecule has 0 N–H and O–H groups in total. The van der Waals surface area contributed by atoms with Crippen LogP contribution in [0.1, 0.15) is 18.9 Å². The zero-order valence-corrected chi connectivity index (χ0v) is 13.0. The molecular weight excluding hydrogens is 288 g/mol. The molecule has 1 fully saturated rings. The third-order valence-electron chi connectivity index (χ3n) is 3.65. The Hall–Kier alpha value is -1.66. The second-order valence-corrected chi connectivity index (χ2v) is 6.85. The Kier molecular flexibility index (Phi) is 4.80. The van der Waals surface area contributed by atoms with Gasteiger partial charge in [-0.05, 0) is 17.7 Å². The molecule has 1 heterocycles. The van der Waals surface area contributed by atoms with E-state index in [0.29, 0.717) is 32.6 Å². The van der Waals surface area contributed by atoms with E-state index in [2.05, 4.69) is 6.58 Å². The highest BCUT2D eigenvalue weighted by molar-refractivity contribution is 7.89. The maximum atomic E-state index is 12.5. The fraction of sp³-hybridized carbons (Fsp3) is 0.400. The maximum Gasteiger partial charge on any atom is 0.243 e. The molecule has 0 aromatic heterocycles. The van der Waals surface area contributed by atoms with Gasteiger partial charge in [-0.3, -0.25) is 4.79 Å². The van der Waals surface area contributed by atoms with Crippen molar-refractivity contribution < 1.29 is 13.2 Å². The number of benzene rings is 1. The Balaban J connectivity index is 2.10. The molecule has 21 heavy (non-hydrogen) atoms. The highest BCUT2D eigenvalue weighted by atomic mass is 32.2. The molecule has 6 heteroatoms. The first-order chi connectivity index (χ1) is 9.98. The fourth-order valence-corrected chi connectivity index (χ4v) is 3.75. The summed E-state index contributed by atoms with van der Waals surface area (Å²) in [5.74, 6) is 0.0717. The predicted molar refractivity (Wildman–Crippen MR) is 82.2 cm³/mol. The van der Waals surface area contributed by atoms with Gasteiger partial charge in [0.15, 0.2) is 0 Å². The summed E-state index contributed by atoms with van der Waals surface area (Å²) in [5, 5.41) is 0. The van der Waals surface area contributed by atoms with Gasteiger partial charge in [-0.1, -0.05) is 31.7 Å². The lowest BCUT2D eigenvalue weighted by Gasteiger charge is -2.33. The van der Waals surface area contributed by atoms with E-state index in [4.69, 9.17) is 0 Å². The van der Waals surface area contributed by atoms with Crippen LogP contribution in [0.3, 0.4) is 0 Å². The Morgan fingerprint density at radius 2 is 1.76 bits per heavy atom. The molecule has 0 unspecified atom stereocenters. The molecule has 1 aromatic rings. The minimum atomic E-state index is -3.48. The van der Waals surface area contributed by atoms with Crippen molar-refractivity contribution in [3.05, 3.63) is 36.4 Å². The third kappa shape index (κ3) is 3.33. The van der Waals surface area contributed by atoms with Crippen LogP contribution in [0.25, 0.3) is 6.08 Å². The molecular formula is C15H20N2O3S. The van der Waals surface area contributed by atoms with Gasteiger partial charge in [-0.15, -0.1) is 0 Å². The zero-order valence-electron chi connectivity index (χ0n) is 12.2. The lowest BCUT2D eigenvalue weighted by molar-refractivity contribution is -0.132. The van der Waals surface area contributed by atoms with E-state index in [1.807, 2.05) is 6.92 Å². The molecule has 0 radical (unpaired) electrons. The fourth-order valence-electron chi connectivity index (χ4n) is 2.33. The molecule has 1 aromatic carbocycles. The van der Waals surface area contributed by atoms with Gasteiger partial charge in [0.2, 0.25) is 15.9 Å². The number of rotatable bonds is 4. The van der Waals surface area contributed by atoms with Gasteiger partial charge in [-0.25, -0.2) is 8.42 Å². The second kappa shape index (κ2) is 6.41. The Labute approximate surface area is 125 Å². The maximum absolute atomic E-state index is 12.5. The lowest BCUT2D eigenvalue weighted by atomic mass is 10.2. The van der Waals surface area contributed by atoms with E-state index in [1.165, 1.54) is 4.31 Å². The summed E-state index contributed by atoms with van der Waals surface area (Å²) in [7, 11) is -3.48. The minimum absolute atomic E-state index is 0.0717. The van der Waals surface area contributed by atoms with E-state index in [9.17, 15) is 13.2 Å². The average molecular weight is 308 g/mol. The van der Waals surface area contributed by atoms with Crippen molar-refractivity contribution >= 4 is 22.0 Å². The molecule has 1 amide bonds. The van der Waals surface area contributed by atoms with Gasteiger partial charge in [-0.2, -0.15) is 4.31 Å². The van der Waals surface area contributed by atoms with Crippen LogP contribution < -0.4 is 0 Å². The van der Waals surface area contributed by atoms with E-state index in [1.54, 1.807) is 35.2 Å². The van der Waals surface area contributed by atoms with Crippen molar-refractivity contribution in [3.8, 4) is 0 Å².